The van der Waals surface area contributed by atoms with Crippen LogP contribution in [0.15, 0.2) is 77.2 Å². The summed E-state index contributed by atoms with van der Waals surface area (Å²) in [4.78, 5) is 0. The van der Waals surface area contributed by atoms with Gasteiger partial charge in [0.2, 0.25) is 0 Å². The SMILES string of the molecule is Fc1ccc(-c2oc3ccccc3c2C#Cc2ccc(C(F)(F)F)cc2)cc1. The van der Waals surface area contributed by atoms with E-state index in [1.807, 2.05) is 18.2 Å². The fraction of sp³-hybridized carbons (Fsp3) is 0.0435. The molecule has 0 atom stereocenters. The number of halogens is 4. The molecule has 0 bridgehead atoms. The van der Waals surface area contributed by atoms with Gasteiger partial charge in [0.05, 0.1) is 11.1 Å². The highest BCUT2D eigenvalue weighted by molar-refractivity contribution is 5.91. The van der Waals surface area contributed by atoms with Crippen LogP contribution in [0.25, 0.3) is 22.3 Å². The Hall–Kier alpha value is -3.52. The van der Waals surface area contributed by atoms with Gasteiger partial charge in [-0.05, 0) is 60.7 Å². The van der Waals surface area contributed by atoms with Gasteiger partial charge in [-0.1, -0.05) is 24.0 Å². The highest BCUT2D eigenvalue weighted by atomic mass is 19.4. The van der Waals surface area contributed by atoms with Crippen LogP contribution in [0, 0.1) is 17.7 Å². The Kier molecular flexibility index (Phi) is 4.40. The molecule has 138 valence electrons. The topological polar surface area (TPSA) is 13.1 Å². The van der Waals surface area contributed by atoms with Crippen LogP contribution in [0.3, 0.4) is 0 Å². The molecule has 3 aromatic carbocycles. The number of para-hydroxylation sites is 1. The van der Waals surface area contributed by atoms with Crippen LogP contribution < -0.4 is 0 Å². The van der Waals surface area contributed by atoms with Crippen molar-refractivity contribution in [3.63, 3.8) is 0 Å². The lowest BCUT2D eigenvalue weighted by Crippen LogP contribution is -2.04. The van der Waals surface area contributed by atoms with Crippen molar-refractivity contribution in [2.24, 2.45) is 0 Å². The van der Waals surface area contributed by atoms with Crippen LogP contribution in [-0.2, 0) is 6.18 Å². The second kappa shape index (κ2) is 6.90. The zero-order chi connectivity index (χ0) is 19.7. The minimum absolute atomic E-state index is 0.364. The smallest absolute Gasteiger partial charge is 0.416 e. The summed E-state index contributed by atoms with van der Waals surface area (Å²) in [5.41, 5.74) is 1.61. The standard InChI is InChI=1S/C23H12F4O/c24-18-12-8-16(9-13-18)22-20(19-3-1-2-4-21(19)28-22)14-7-15-5-10-17(11-6-15)23(25,26)27/h1-6,8-13H. The number of hydrogen-bond acceptors (Lipinski definition) is 1. The summed E-state index contributed by atoms with van der Waals surface area (Å²) in [5, 5.41) is 0.779. The molecule has 0 radical (unpaired) electrons. The molecule has 0 aliphatic heterocycles. The number of alkyl halides is 3. The summed E-state index contributed by atoms with van der Waals surface area (Å²) in [6.07, 6.45) is -4.39. The minimum Gasteiger partial charge on any atom is -0.455 e. The molecular formula is C23H12F4O. The van der Waals surface area contributed by atoms with E-state index in [0.717, 1.165) is 17.5 Å². The average Bonchev–Trinajstić information content (AvgIpc) is 3.05. The van der Waals surface area contributed by atoms with Gasteiger partial charge in [0.15, 0.2) is 5.76 Å². The van der Waals surface area contributed by atoms with Gasteiger partial charge in [0.25, 0.3) is 0 Å². The number of furan rings is 1. The van der Waals surface area contributed by atoms with Gasteiger partial charge in [0.1, 0.15) is 11.4 Å². The van der Waals surface area contributed by atoms with Crippen molar-refractivity contribution in [3.8, 4) is 23.2 Å². The second-order valence-corrected chi connectivity index (χ2v) is 6.13. The maximum Gasteiger partial charge on any atom is 0.416 e. The molecule has 0 N–H and O–H groups in total. The molecule has 0 fully saturated rings. The summed E-state index contributed by atoms with van der Waals surface area (Å²) in [6, 6.07) is 17.8. The van der Waals surface area contributed by atoms with Crippen molar-refractivity contribution >= 4 is 11.0 Å². The van der Waals surface area contributed by atoms with Crippen molar-refractivity contribution in [2.75, 3.05) is 0 Å². The lowest BCUT2D eigenvalue weighted by molar-refractivity contribution is -0.137. The van der Waals surface area contributed by atoms with Gasteiger partial charge in [-0.15, -0.1) is 0 Å². The minimum atomic E-state index is -4.39. The zero-order valence-corrected chi connectivity index (χ0v) is 14.3. The molecular weight excluding hydrogens is 368 g/mol. The van der Waals surface area contributed by atoms with Gasteiger partial charge >= 0.3 is 6.18 Å². The van der Waals surface area contributed by atoms with E-state index in [2.05, 4.69) is 11.8 Å². The molecule has 0 spiro atoms. The lowest BCUT2D eigenvalue weighted by atomic mass is 10.0. The summed E-state index contributed by atoms with van der Waals surface area (Å²) >= 11 is 0. The normalized spacial score (nSPS) is 11.3. The van der Waals surface area contributed by atoms with Crippen LogP contribution in [0.1, 0.15) is 16.7 Å². The molecule has 1 aromatic heterocycles. The quantitative estimate of drug-likeness (QED) is 0.266. The van der Waals surface area contributed by atoms with E-state index in [0.29, 0.717) is 28.0 Å². The Balaban J connectivity index is 1.80. The molecule has 4 aromatic rings. The van der Waals surface area contributed by atoms with Gasteiger partial charge in [-0.25, -0.2) is 4.39 Å². The van der Waals surface area contributed by atoms with Crippen molar-refractivity contribution in [1.29, 1.82) is 0 Å². The molecule has 0 amide bonds. The zero-order valence-electron chi connectivity index (χ0n) is 14.3. The third kappa shape index (κ3) is 3.49. The Morgan fingerprint density at radius 3 is 2.11 bits per heavy atom. The number of hydrogen-bond donors (Lipinski definition) is 0. The maximum absolute atomic E-state index is 13.3. The Morgan fingerprint density at radius 1 is 0.750 bits per heavy atom. The summed E-state index contributed by atoms with van der Waals surface area (Å²) < 4.78 is 57.2. The van der Waals surface area contributed by atoms with E-state index in [-0.39, 0.29) is 5.82 Å². The summed E-state index contributed by atoms with van der Waals surface area (Å²) in [6.45, 7) is 0. The molecule has 0 aliphatic rings. The second-order valence-electron chi connectivity index (χ2n) is 6.13. The monoisotopic (exact) mass is 380 g/mol. The maximum atomic E-state index is 13.3. The van der Waals surface area contributed by atoms with Crippen molar-refractivity contribution in [3.05, 3.63) is 95.3 Å². The van der Waals surface area contributed by atoms with Crippen LogP contribution >= 0.6 is 0 Å². The molecule has 0 aliphatic carbocycles. The average molecular weight is 380 g/mol. The molecule has 0 saturated heterocycles. The first kappa shape index (κ1) is 17.9. The fourth-order valence-electron chi connectivity index (χ4n) is 2.85. The number of benzene rings is 3. The van der Waals surface area contributed by atoms with E-state index in [9.17, 15) is 17.6 Å². The first-order valence-corrected chi connectivity index (χ1v) is 8.38. The van der Waals surface area contributed by atoms with Gasteiger partial charge in [-0.2, -0.15) is 13.2 Å². The molecule has 28 heavy (non-hydrogen) atoms. The van der Waals surface area contributed by atoms with Gasteiger partial charge < -0.3 is 4.42 Å². The highest BCUT2D eigenvalue weighted by Gasteiger charge is 2.29. The first-order chi connectivity index (χ1) is 13.4. The van der Waals surface area contributed by atoms with Crippen LogP contribution in [-0.4, -0.2) is 0 Å². The van der Waals surface area contributed by atoms with Crippen LogP contribution in [0.2, 0.25) is 0 Å². The lowest BCUT2D eigenvalue weighted by Gasteiger charge is -2.05. The van der Waals surface area contributed by atoms with E-state index in [1.165, 1.54) is 24.3 Å². The summed E-state index contributed by atoms with van der Waals surface area (Å²) in [7, 11) is 0. The predicted octanol–water partition coefficient (Wildman–Crippen LogP) is 6.66. The van der Waals surface area contributed by atoms with Gasteiger partial charge in [-0.3, -0.25) is 0 Å². The molecule has 1 heterocycles. The first-order valence-electron chi connectivity index (χ1n) is 8.38. The molecule has 5 heteroatoms. The Morgan fingerprint density at radius 2 is 1.43 bits per heavy atom. The summed E-state index contributed by atoms with van der Waals surface area (Å²) in [5.74, 6) is 6.02. The largest absolute Gasteiger partial charge is 0.455 e. The molecule has 1 nitrogen and oxygen atoms in total. The third-order valence-corrected chi connectivity index (χ3v) is 4.25. The van der Waals surface area contributed by atoms with Crippen molar-refractivity contribution in [2.45, 2.75) is 6.18 Å². The highest BCUT2D eigenvalue weighted by Crippen LogP contribution is 2.33. The number of fused-ring (bicyclic) bond motifs is 1. The van der Waals surface area contributed by atoms with E-state index >= 15 is 0 Å². The van der Waals surface area contributed by atoms with Crippen LogP contribution in [0.4, 0.5) is 17.6 Å². The molecule has 4 rings (SSSR count). The van der Waals surface area contributed by atoms with E-state index in [1.54, 1.807) is 18.2 Å². The van der Waals surface area contributed by atoms with Gasteiger partial charge in [0, 0.05) is 16.5 Å². The number of rotatable bonds is 1. The Labute approximate surface area is 158 Å². The van der Waals surface area contributed by atoms with Crippen molar-refractivity contribution in [1.82, 2.24) is 0 Å². The van der Waals surface area contributed by atoms with Crippen molar-refractivity contribution < 1.29 is 22.0 Å². The van der Waals surface area contributed by atoms with E-state index in [4.69, 9.17) is 4.42 Å². The fourth-order valence-corrected chi connectivity index (χ4v) is 2.85. The molecule has 0 saturated carbocycles. The third-order valence-electron chi connectivity index (χ3n) is 4.25. The predicted molar refractivity (Wildman–Crippen MR) is 99.0 cm³/mol. The van der Waals surface area contributed by atoms with E-state index < -0.39 is 11.7 Å². The van der Waals surface area contributed by atoms with Crippen LogP contribution in [0.5, 0.6) is 0 Å². The molecule has 0 unspecified atom stereocenters. The Bertz CT molecular complexity index is 1190.